The van der Waals surface area contributed by atoms with E-state index in [1.54, 1.807) is 29.2 Å². The van der Waals surface area contributed by atoms with Gasteiger partial charge in [0, 0.05) is 18.9 Å². The highest BCUT2D eigenvalue weighted by molar-refractivity contribution is 6.34. The second-order valence-corrected chi connectivity index (χ2v) is 4.39. The van der Waals surface area contributed by atoms with E-state index in [9.17, 15) is 4.79 Å². The van der Waals surface area contributed by atoms with Gasteiger partial charge in [-0.15, -0.1) is 6.58 Å². The molecule has 1 unspecified atom stereocenters. The van der Waals surface area contributed by atoms with Crippen molar-refractivity contribution < 1.29 is 4.79 Å². The number of hydrogen-bond donors (Lipinski definition) is 0. The fourth-order valence-electron chi connectivity index (χ4n) is 1.91. The van der Waals surface area contributed by atoms with Crippen LogP contribution in [0.15, 0.2) is 30.9 Å². The zero-order valence-corrected chi connectivity index (χ0v) is 9.94. The quantitative estimate of drug-likeness (QED) is 0.753. The van der Waals surface area contributed by atoms with Crippen LogP contribution in [-0.4, -0.2) is 12.5 Å². The van der Waals surface area contributed by atoms with Crippen LogP contribution in [0.5, 0.6) is 0 Å². The van der Waals surface area contributed by atoms with Gasteiger partial charge < -0.3 is 4.90 Å². The second kappa shape index (κ2) is 4.60. The molecule has 1 amide bonds. The number of halogens is 1. The smallest absolute Gasteiger partial charge is 0.227 e. The molecule has 1 aliphatic heterocycles. The van der Waals surface area contributed by atoms with Crippen molar-refractivity contribution in [2.75, 3.05) is 11.4 Å². The highest BCUT2D eigenvalue weighted by Gasteiger charge is 2.29. The normalized spacial score (nSPS) is 19.2. The molecular weight excluding hydrogens is 236 g/mol. The van der Waals surface area contributed by atoms with Crippen molar-refractivity contribution in [3.05, 3.63) is 41.4 Å². The Morgan fingerprint density at radius 3 is 2.94 bits per heavy atom. The number of rotatable bonds is 2. The Balaban J connectivity index is 2.37. The lowest BCUT2D eigenvalue weighted by Crippen LogP contribution is -2.24. The zero-order valence-electron chi connectivity index (χ0n) is 9.19. The molecule has 1 aromatic rings. The van der Waals surface area contributed by atoms with E-state index in [2.05, 4.69) is 6.58 Å². The molecule has 1 aromatic carbocycles. The second-order valence-electron chi connectivity index (χ2n) is 3.98. The number of nitriles is 1. The molecule has 0 radical (unpaired) electrons. The molecule has 0 aromatic heterocycles. The highest BCUT2D eigenvalue weighted by atomic mass is 35.5. The average molecular weight is 247 g/mol. The first kappa shape index (κ1) is 11.7. The monoisotopic (exact) mass is 246 g/mol. The Hall–Kier alpha value is -1.79. The summed E-state index contributed by atoms with van der Waals surface area (Å²) in [5.74, 6) is 0.177. The van der Waals surface area contributed by atoms with Gasteiger partial charge in [0.25, 0.3) is 0 Å². The minimum absolute atomic E-state index is 0.0203. The number of anilines is 1. The summed E-state index contributed by atoms with van der Waals surface area (Å²) < 4.78 is 0. The van der Waals surface area contributed by atoms with Crippen molar-refractivity contribution in [3.8, 4) is 6.07 Å². The van der Waals surface area contributed by atoms with Gasteiger partial charge in [0.05, 0.1) is 22.3 Å². The van der Waals surface area contributed by atoms with E-state index in [0.29, 0.717) is 29.2 Å². The largest absolute Gasteiger partial charge is 0.310 e. The maximum atomic E-state index is 11.8. The Morgan fingerprint density at radius 1 is 1.59 bits per heavy atom. The molecule has 1 saturated heterocycles. The summed E-state index contributed by atoms with van der Waals surface area (Å²) in [5.41, 5.74) is 1.11. The molecule has 2 rings (SSSR count). The SMILES string of the molecule is C=CC1CC(=O)N(c2cc(C#N)ccc2Cl)C1. The molecule has 0 aliphatic carbocycles. The van der Waals surface area contributed by atoms with Crippen LogP contribution in [0.3, 0.4) is 0 Å². The fraction of sp³-hybridized carbons (Fsp3) is 0.231. The van der Waals surface area contributed by atoms with Crippen molar-refractivity contribution >= 4 is 23.2 Å². The summed E-state index contributed by atoms with van der Waals surface area (Å²) in [6.45, 7) is 4.28. The van der Waals surface area contributed by atoms with Crippen LogP contribution >= 0.6 is 11.6 Å². The van der Waals surface area contributed by atoms with E-state index in [4.69, 9.17) is 16.9 Å². The van der Waals surface area contributed by atoms with Crippen LogP contribution in [0.2, 0.25) is 5.02 Å². The summed E-state index contributed by atoms with van der Waals surface area (Å²) in [5, 5.41) is 9.34. The van der Waals surface area contributed by atoms with E-state index in [0.717, 1.165) is 0 Å². The van der Waals surface area contributed by atoms with E-state index in [1.807, 2.05) is 6.07 Å². The number of benzene rings is 1. The van der Waals surface area contributed by atoms with Crippen molar-refractivity contribution in [2.24, 2.45) is 5.92 Å². The van der Waals surface area contributed by atoms with Gasteiger partial charge in [0.1, 0.15) is 0 Å². The van der Waals surface area contributed by atoms with E-state index >= 15 is 0 Å². The minimum atomic E-state index is 0.0203. The van der Waals surface area contributed by atoms with Gasteiger partial charge in [0.2, 0.25) is 5.91 Å². The predicted molar refractivity (Wildman–Crippen MR) is 66.8 cm³/mol. The summed E-state index contributed by atoms with van der Waals surface area (Å²) in [6, 6.07) is 6.96. The summed E-state index contributed by atoms with van der Waals surface area (Å²) in [6.07, 6.45) is 2.23. The van der Waals surface area contributed by atoms with Crippen molar-refractivity contribution in [1.82, 2.24) is 0 Å². The Morgan fingerprint density at radius 2 is 2.35 bits per heavy atom. The van der Waals surface area contributed by atoms with Gasteiger partial charge in [-0.2, -0.15) is 5.26 Å². The van der Waals surface area contributed by atoms with Gasteiger partial charge in [0.15, 0.2) is 0 Å². The number of carbonyl (C=O) groups excluding carboxylic acids is 1. The predicted octanol–water partition coefficient (Wildman–Crippen LogP) is 2.75. The number of hydrogen-bond acceptors (Lipinski definition) is 2. The lowest BCUT2D eigenvalue weighted by atomic mass is 10.1. The molecule has 0 saturated carbocycles. The van der Waals surface area contributed by atoms with E-state index < -0.39 is 0 Å². The Labute approximate surface area is 105 Å². The molecule has 1 atom stereocenters. The maximum Gasteiger partial charge on any atom is 0.227 e. The Bertz CT molecular complexity index is 519. The van der Waals surface area contributed by atoms with Crippen LogP contribution in [-0.2, 0) is 4.79 Å². The molecule has 1 aliphatic rings. The van der Waals surface area contributed by atoms with Gasteiger partial charge in [-0.1, -0.05) is 17.7 Å². The molecule has 0 spiro atoms. The lowest BCUT2D eigenvalue weighted by Gasteiger charge is -2.17. The van der Waals surface area contributed by atoms with Gasteiger partial charge in [-0.3, -0.25) is 4.79 Å². The van der Waals surface area contributed by atoms with E-state index in [1.165, 1.54) is 0 Å². The summed E-state index contributed by atoms with van der Waals surface area (Å²) in [7, 11) is 0. The van der Waals surface area contributed by atoms with Crippen molar-refractivity contribution in [1.29, 1.82) is 5.26 Å². The third-order valence-corrected chi connectivity index (χ3v) is 3.17. The molecule has 0 N–H and O–H groups in total. The number of amides is 1. The molecule has 4 heteroatoms. The molecule has 17 heavy (non-hydrogen) atoms. The highest BCUT2D eigenvalue weighted by Crippen LogP contribution is 2.32. The van der Waals surface area contributed by atoms with Crippen LogP contribution < -0.4 is 4.90 Å². The van der Waals surface area contributed by atoms with Crippen LogP contribution in [0.25, 0.3) is 0 Å². The van der Waals surface area contributed by atoms with E-state index in [-0.39, 0.29) is 11.8 Å². The third kappa shape index (κ3) is 2.17. The maximum absolute atomic E-state index is 11.8. The molecule has 0 bridgehead atoms. The first-order valence-corrected chi connectivity index (χ1v) is 5.66. The molecule has 1 fully saturated rings. The lowest BCUT2D eigenvalue weighted by molar-refractivity contribution is -0.117. The molecule has 3 nitrogen and oxygen atoms in total. The van der Waals surface area contributed by atoms with Crippen molar-refractivity contribution in [2.45, 2.75) is 6.42 Å². The third-order valence-electron chi connectivity index (χ3n) is 2.85. The van der Waals surface area contributed by atoms with Crippen LogP contribution in [0, 0.1) is 17.2 Å². The fourth-order valence-corrected chi connectivity index (χ4v) is 2.13. The molecule has 1 heterocycles. The van der Waals surface area contributed by atoms with Gasteiger partial charge in [-0.25, -0.2) is 0 Å². The standard InChI is InChI=1S/C13H11ClN2O/c1-2-9-6-13(17)16(8-9)12-5-10(7-15)3-4-11(12)14/h2-5,9H,1,6,8H2. The van der Waals surface area contributed by atoms with Crippen LogP contribution in [0.4, 0.5) is 5.69 Å². The van der Waals surface area contributed by atoms with Crippen molar-refractivity contribution in [3.63, 3.8) is 0 Å². The van der Waals surface area contributed by atoms with Gasteiger partial charge in [-0.05, 0) is 18.2 Å². The number of nitrogens with zero attached hydrogens (tertiary/aromatic N) is 2. The topological polar surface area (TPSA) is 44.1 Å². The number of carbonyl (C=O) groups is 1. The summed E-state index contributed by atoms with van der Waals surface area (Å²) in [4.78, 5) is 13.5. The summed E-state index contributed by atoms with van der Waals surface area (Å²) >= 11 is 6.06. The zero-order chi connectivity index (χ0) is 12.4. The molecular formula is C13H11ClN2O. The first-order valence-electron chi connectivity index (χ1n) is 5.28. The van der Waals surface area contributed by atoms with Crippen LogP contribution in [0.1, 0.15) is 12.0 Å². The average Bonchev–Trinajstić information content (AvgIpc) is 2.71. The van der Waals surface area contributed by atoms with Gasteiger partial charge >= 0.3 is 0 Å². The minimum Gasteiger partial charge on any atom is -0.310 e. The Kier molecular flexibility index (Phi) is 3.16. The first-order chi connectivity index (χ1) is 8.15. The molecule has 86 valence electrons.